The number of benzene rings is 1. The maximum absolute atomic E-state index is 8.91. The van der Waals surface area contributed by atoms with E-state index in [1.165, 1.54) is 0 Å². The lowest BCUT2D eigenvalue weighted by molar-refractivity contribution is 0.394. The summed E-state index contributed by atoms with van der Waals surface area (Å²) in [5.41, 5.74) is 1.05. The van der Waals surface area contributed by atoms with Crippen molar-refractivity contribution in [3.63, 3.8) is 0 Å². The minimum atomic E-state index is 0.132. The molecule has 1 heterocycles. The first-order chi connectivity index (χ1) is 8.26. The molecule has 0 saturated carbocycles. The van der Waals surface area contributed by atoms with Crippen molar-refractivity contribution in [2.24, 2.45) is 5.92 Å². The summed E-state index contributed by atoms with van der Waals surface area (Å²) in [6.45, 7) is 1.70. The second-order valence-electron chi connectivity index (χ2n) is 4.13. The number of hydrogen-bond donors (Lipinski definition) is 0. The molecule has 1 atom stereocenters. The predicted molar refractivity (Wildman–Crippen MR) is 65.5 cm³/mol. The first-order valence-corrected chi connectivity index (χ1v) is 5.64. The molecule has 17 heavy (non-hydrogen) atoms. The Morgan fingerprint density at radius 3 is 2.35 bits per heavy atom. The van der Waals surface area contributed by atoms with Crippen LogP contribution in [0.3, 0.4) is 0 Å². The van der Waals surface area contributed by atoms with Gasteiger partial charge in [-0.1, -0.05) is 0 Å². The standard InChI is InChI=1S/C13H16N2O2/c1-16-12-5-11(6-13(7-12)17-2)15-4-3-10(8-14)9-15/h5-7,10H,3-4,9H2,1-2H3. The fourth-order valence-corrected chi connectivity index (χ4v) is 2.08. The average molecular weight is 232 g/mol. The van der Waals surface area contributed by atoms with Crippen LogP contribution >= 0.6 is 0 Å². The van der Waals surface area contributed by atoms with Gasteiger partial charge in [0.05, 0.1) is 26.2 Å². The van der Waals surface area contributed by atoms with Crippen molar-refractivity contribution in [2.75, 3.05) is 32.2 Å². The maximum atomic E-state index is 8.91. The number of methoxy groups -OCH3 is 2. The Morgan fingerprint density at radius 2 is 1.88 bits per heavy atom. The molecular weight excluding hydrogens is 216 g/mol. The van der Waals surface area contributed by atoms with Crippen molar-refractivity contribution in [1.82, 2.24) is 0 Å². The van der Waals surface area contributed by atoms with E-state index in [0.29, 0.717) is 0 Å². The highest BCUT2D eigenvalue weighted by Crippen LogP contribution is 2.31. The van der Waals surface area contributed by atoms with Gasteiger partial charge in [-0.15, -0.1) is 0 Å². The van der Waals surface area contributed by atoms with Gasteiger partial charge in [0.2, 0.25) is 0 Å². The molecule has 1 unspecified atom stereocenters. The average Bonchev–Trinajstić information content (AvgIpc) is 2.86. The zero-order valence-corrected chi connectivity index (χ0v) is 10.1. The summed E-state index contributed by atoms with van der Waals surface area (Å²) in [5, 5.41) is 8.91. The molecule has 0 bridgehead atoms. The first kappa shape index (κ1) is 11.6. The van der Waals surface area contributed by atoms with E-state index in [9.17, 15) is 0 Å². The molecule has 4 heteroatoms. The number of nitrogens with zero attached hydrogens (tertiary/aromatic N) is 2. The molecule has 1 aromatic rings. The van der Waals surface area contributed by atoms with E-state index in [1.54, 1.807) is 14.2 Å². The number of hydrogen-bond acceptors (Lipinski definition) is 4. The second kappa shape index (κ2) is 4.96. The third-order valence-corrected chi connectivity index (χ3v) is 3.07. The van der Waals surface area contributed by atoms with Gasteiger partial charge in [-0.25, -0.2) is 0 Å². The van der Waals surface area contributed by atoms with Crippen LogP contribution in [0.4, 0.5) is 5.69 Å². The summed E-state index contributed by atoms with van der Waals surface area (Å²) in [6, 6.07) is 8.11. The SMILES string of the molecule is COc1cc(OC)cc(N2CCC(C#N)C2)c1. The molecule has 0 aliphatic carbocycles. The summed E-state index contributed by atoms with van der Waals surface area (Å²) in [5.74, 6) is 1.69. The Bertz CT molecular complexity index is 417. The van der Waals surface area contributed by atoms with E-state index in [0.717, 1.165) is 36.7 Å². The molecule has 0 radical (unpaired) electrons. The van der Waals surface area contributed by atoms with E-state index >= 15 is 0 Å². The summed E-state index contributed by atoms with van der Waals surface area (Å²) in [4.78, 5) is 2.19. The van der Waals surface area contributed by atoms with Crippen molar-refractivity contribution in [1.29, 1.82) is 5.26 Å². The lowest BCUT2D eigenvalue weighted by Gasteiger charge is -2.19. The third kappa shape index (κ3) is 2.44. The second-order valence-corrected chi connectivity index (χ2v) is 4.13. The Labute approximate surface area is 101 Å². The molecule has 1 fully saturated rings. The zero-order valence-electron chi connectivity index (χ0n) is 10.1. The van der Waals surface area contributed by atoms with Crippen LogP contribution in [0, 0.1) is 17.2 Å². The van der Waals surface area contributed by atoms with Gasteiger partial charge in [0.1, 0.15) is 11.5 Å². The molecule has 90 valence electrons. The number of ether oxygens (including phenoxy) is 2. The monoisotopic (exact) mass is 232 g/mol. The highest BCUT2D eigenvalue weighted by molar-refractivity contribution is 5.56. The highest BCUT2D eigenvalue weighted by Gasteiger charge is 2.22. The predicted octanol–water partition coefficient (Wildman–Crippen LogP) is 2.05. The fraction of sp³-hybridized carbons (Fsp3) is 0.462. The van der Waals surface area contributed by atoms with Gasteiger partial charge in [0.15, 0.2) is 0 Å². The van der Waals surface area contributed by atoms with Crippen LogP contribution in [-0.4, -0.2) is 27.3 Å². The maximum Gasteiger partial charge on any atom is 0.124 e. The number of nitriles is 1. The third-order valence-electron chi connectivity index (χ3n) is 3.07. The Balaban J connectivity index is 2.23. The first-order valence-electron chi connectivity index (χ1n) is 5.64. The lowest BCUT2D eigenvalue weighted by atomic mass is 10.1. The topological polar surface area (TPSA) is 45.5 Å². The van der Waals surface area contributed by atoms with Crippen molar-refractivity contribution in [3.05, 3.63) is 18.2 Å². The molecule has 4 nitrogen and oxygen atoms in total. The van der Waals surface area contributed by atoms with Crippen LogP contribution in [0.15, 0.2) is 18.2 Å². The van der Waals surface area contributed by atoms with E-state index in [1.807, 2.05) is 18.2 Å². The quantitative estimate of drug-likeness (QED) is 0.800. The molecule has 1 aliphatic heterocycles. The number of anilines is 1. The van der Waals surface area contributed by atoms with Gasteiger partial charge in [-0.2, -0.15) is 5.26 Å². The fourth-order valence-electron chi connectivity index (χ4n) is 2.08. The van der Waals surface area contributed by atoms with Gasteiger partial charge in [0, 0.05) is 37.0 Å². The molecule has 1 aromatic carbocycles. The summed E-state index contributed by atoms with van der Waals surface area (Å²) in [7, 11) is 3.28. The number of rotatable bonds is 3. The van der Waals surface area contributed by atoms with Gasteiger partial charge in [-0.3, -0.25) is 0 Å². The molecule has 0 spiro atoms. The summed E-state index contributed by atoms with van der Waals surface area (Å²) in [6.07, 6.45) is 0.927. The van der Waals surface area contributed by atoms with Crippen LogP contribution < -0.4 is 14.4 Å². The minimum absolute atomic E-state index is 0.132. The molecule has 2 rings (SSSR count). The Kier molecular flexibility index (Phi) is 3.38. The highest BCUT2D eigenvalue weighted by atomic mass is 16.5. The molecule has 1 aliphatic rings. The molecule has 0 N–H and O–H groups in total. The van der Waals surface area contributed by atoms with Crippen LogP contribution in [-0.2, 0) is 0 Å². The molecule has 1 saturated heterocycles. The molecular formula is C13H16N2O2. The van der Waals surface area contributed by atoms with E-state index in [-0.39, 0.29) is 5.92 Å². The van der Waals surface area contributed by atoms with Gasteiger partial charge < -0.3 is 14.4 Å². The molecule has 0 amide bonds. The van der Waals surface area contributed by atoms with E-state index in [2.05, 4.69) is 11.0 Å². The smallest absolute Gasteiger partial charge is 0.124 e. The van der Waals surface area contributed by atoms with Crippen LogP contribution in [0.2, 0.25) is 0 Å². The summed E-state index contributed by atoms with van der Waals surface area (Å²) < 4.78 is 10.5. The Morgan fingerprint density at radius 1 is 1.24 bits per heavy atom. The van der Waals surface area contributed by atoms with Gasteiger partial charge >= 0.3 is 0 Å². The van der Waals surface area contributed by atoms with Crippen LogP contribution in [0.25, 0.3) is 0 Å². The minimum Gasteiger partial charge on any atom is -0.497 e. The van der Waals surface area contributed by atoms with Crippen molar-refractivity contribution in [3.8, 4) is 17.6 Å². The van der Waals surface area contributed by atoms with Gasteiger partial charge in [0.25, 0.3) is 0 Å². The Hall–Kier alpha value is -1.89. The lowest BCUT2D eigenvalue weighted by Crippen LogP contribution is -2.19. The summed E-state index contributed by atoms with van der Waals surface area (Å²) >= 11 is 0. The largest absolute Gasteiger partial charge is 0.497 e. The van der Waals surface area contributed by atoms with Crippen LogP contribution in [0.1, 0.15) is 6.42 Å². The van der Waals surface area contributed by atoms with Crippen molar-refractivity contribution >= 4 is 5.69 Å². The normalized spacial score (nSPS) is 18.9. The molecule has 0 aromatic heterocycles. The van der Waals surface area contributed by atoms with E-state index in [4.69, 9.17) is 14.7 Å². The van der Waals surface area contributed by atoms with Crippen molar-refractivity contribution in [2.45, 2.75) is 6.42 Å². The van der Waals surface area contributed by atoms with E-state index < -0.39 is 0 Å². The van der Waals surface area contributed by atoms with Crippen LogP contribution in [0.5, 0.6) is 11.5 Å². The zero-order chi connectivity index (χ0) is 12.3. The van der Waals surface area contributed by atoms with Gasteiger partial charge in [-0.05, 0) is 6.42 Å². The van der Waals surface area contributed by atoms with Crippen molar-refractivity contribution < 1.29 is 9.47 Å².